The van der Waals surface area contributed by atoms with Crippen molar-refractivity contribution in [3.8, 4) is 0 Å². The van der Waals surface area contributed by atoms with E-state index >= 15 is 0 Å². The highest BCUT2D eigenvalue weighted by Crippen LogP contribution is 2.13. The zero-order valence-corrected chi connectivity index (χ0v) is 31.4. The molecule has 2 atom stereocenters. The standard InChI is InChI=1S/C35H67N3O8S/c1-8-9-10-11-12-13-14-15-16-17-18-19-20-21-23-45-33(41)36-22-24-47-27-30(38-34(42)46-35(4,5)6)31(39)37-29(32(40)43-7)26-44-25-28(2)3/h28-30H,8-27H2,1-7H3,(H,36,41)(H,37,39)(H,38,42). The molecular weight excluding hydrogens is 622 g/mol. The number of thioether (sulfide) groups is 1. The van der Waals surface area contributed by atoms with Crippen molar-refractivity contribution in [2.75, 3.05) is 45.0 Å². The van der Waals surface area contributed by atoms with Crippen molar-refractivity contribution in [1.82, 2.24) is 16.0 Å². The monoisotopic (exact) mass is 689 g/mol. The van der Waals surface area contributed by atoms with Gasteiger partial charge in [0.15, 0.2) is 6.04 Å². The molecule has 47 heavy (non-hydrogen) atoms. The molecule has 0 aromatic rings. The van der Waals surface area contributed by atoms with E-state index < -0.39 is 41.7 Å². The van der Waals surface area contributed by atoms with E-state index in [4.69, 9.17) is 18.9 Å². The first-order chi connectivity index (χ1) is 22.4. The number of esters is 1. The van der Waals surface area contributed by atoms with Gasteiger partial charge in [-0.3, -0.25) is 4.79 Å². The van der Waals surface area contributed by atoms with E-state index in [0.29, 0.717) is 25.5 Å². The summed E-state index contributed by atoms with van der Waals surface area (Å²) >= 11 is 1.36. The Balaban J connectivity index is 4.33. The number of hydrogen-bond acceptors (Lipinski definition) is 9. The minimum absolute atomic E-state index is 0.0612. The Morgan fingerprint density at radius 1 is 0.723 bits per heavy atom. The van der Waals surface area contributed by atoms with Crippen LogP contribution in [0.25, 0.3) is 0 Å². The predicted molar refractivity (Wildman–Crippen MR) is 190 cm³/mol. The molecule has 0 heterocycles. The summed E-state index contributed by atoms with van der Waals surface area (Å²) in [6, 6.07) is -2.03. The Morgan fingerprint density at radius 2 is 1.28 bits per heavy atom. The lowest BCUT2D eigenvalue weighted by Crippen LogP contribution is -2.54. The zero-order chi connectivity index (χ0) is 35.3. The van der Waals surface area contributed by atoms with Crippen LogP contribution in [0.2, 0.25) is 0 Å². The summed E-state index contributed by atoms with van der Waals surface area (Å²) in [6.07, 6.45) is 16.6. The highest BCUT2D eigenvalue weighted by molar-refractivity contribution is 7.99. The van der Waals surface area contributed by atoms with Crippen LogP contribution in [-0.2, 0) is 28.5 Å². The number of amides is 3. The van der Waals surface area contributed by atoms with Crippen molar-refractivity contribution in [3.63, 3.8) is 0 Å². The fourth-order valence-corrected chi connectivity index (χ4v) is 5.46. The molecule has 0 aliphatic rings. The number of methoxy groups -OCH3 is 1. The summed E-state index contributed by atoms with van der Waals surface area (Å²) in [5, 5.41) is 7.92. The fourth-order valence-electron chi connectivity index (χ4n) is 4.58. The van der Waals surface area contributed by atoms with Gasteiger partial charge >= 0.3 is 18.2 Å². The third-order valence-electron chi connectivity index (χ3n) is 7.08. The highest BCUT2D eigenvalue weighted by Gasteiger charge is 2.29. The molecule has 0 aromatic heterocycles. The van der Waals surface area contributed by atoms with Crippen LogP contribution in [0, 0.1) is 5.92 Å². The van der Waals surface area contributed by atoms with E-state index in [-0.39, 0.29) is 18.3 Å². The zero-order valence-electron chi connectivity index (χ0n) is 30.5. The average Bonchev–Trinajstić information content (AvgIpc) is 3.00. The molecule has 0 radical (unpaired) electrons. The number of unbranched alkanes of at least 4 members (excludes halogenated alkanes) is 13. The fraction of sp³-hybridized carbons (Fsp3) is 0.886. The lowest BCUT2D eigenvalue weighted by molar-refractivity contribution is -0.147. The van der Waals surface area contributed by atoms with Crippen LogP contribution in [0.1, 0.15) is 131 Å². The van der Waals surface area contributed by atoms with E-state index in [0.717, 1.165) is 19.3 Å². The van der Waals surface area contributed by atoms with Crippen molar-refractivity contribution in [2.45, 2.75) is 149 Å². The topological polar surface area (TPSA) is 141 Å². The average molecular weight is 690 g/mol. The predicted octanol–water partition coefficient (Wildman–Crippen LogP) is 7.15. The van der Waals surface area contributed by atoms with Gasteiger partial charge in [0.25, 0.3) is 0 Å². The number of ether oxygens (including phenoxy) is 4. The van der Waals surface area contributed by atoms with Crippen LogP contribution in [0.15, 0.2) is 0 Å². The number of carbonyl (C=O) groups excluding carboxylic acids is 4. The Kier molecular flexibility index (Phi) is 27.4. The first-order valence-corrected chi connectivity index (χ1v) is 19.0. The minimum atomic E-state index is -1.03. The van der Waals surface area contributed by atoms with Crippen molar-refractivity contribution in [2.24, 2.45) is 5.92 Å². The van der Waals surface area contributed by atoms with Gasteiger partial charge in [-0.25, -0.2) is 14.4 Å². The summed E-state index contributed by atoms with van der Waals surface area (Å²) in [4.78, 5) is 49.9. The maximum absolute atomic E-state index is 13.1. The SMILES string of the molecule is CCCCCCCCCCCCCCCCOC(=O)NCCSCC(NC(=O)OC(C)(C)C)C(=O)NC(COCC(C)C)C(=O)OC. The van der Waals surface area contributed by atoms with Crippen LogP contribution >= 0.6 is 11.8 Å². The van der Waals surface area contributed by atoms with E-state index in [1.165, 1.54) is 89.5 Å². The van der Waals surface area contributed by atoms with Crippen LogP contribution in [0.3, 0.4) is 0 Å². The number of rotatable bonds is 28. The molecule has 0 spiro atoms. The van der Waals surface area contributed by atoms with Crippen molar-refractivity contribution < 1.29 is 38.1 Å². The van der Waals surface area contributed by atoms with Gasteiger partial charge in [0.1, 0.15) is 11.6 Å². The van der Waals surface area contributed by atoms with Gasteiger partial charge < -0.3 is 34.9 Å². The molecule has 11 nitrogen and oxygen atoms in total. The first-order valence-electron chi connectivity index (χ1n) is 17.8. The molecule has 2 unspecified atom stereocenters. The van der Waals surface area contributed by atoms with Gasteiger partial charge in [0, 0.05) is 24.7 Å². The molecule has 3 amide bonds. The number of alkyl carbamates (subject to hydrolysis) is 2. The summed E-state index contributed by atoms with van der Waals surface area (Å²) in [6.45, 7) is 12.4. The Labute approximate surface area is 289 Å². The van der Waals surface area contributed by atoms with Gasteiger partial charge in [-0.15, -0.1) is 0 Å². The van der Waals surface area contributed by atoms with Crippen molar-refractivity contribution in [3.05, 3.63) is 0 Å². The van der Waals surface area contributed by atoms with E-state index in [2.05, 4.69) is 22.9 Å². The smallest absolute Gasteiger partial charge is 0.408 e. The van der Waals surface area contributed by atoms with Crippen LogP contribution in [0.4, 0.5) is 9.59 Å². The summed E-state index contributed by atoms with van der Waals surface area (Å²) in [5.74, 6) is -0.320. The first kappa shape index (κ1) is 44.8. The summed E-state index contributed by atoms with van der Waals surface area (Å²) < 4.78 is 21.0. The van der Waals surface area contributed by atoms with Gasteiger partial charge in [0.2, 0.25) is 5.91 Å². The second kappa shape index (κ2) is 28.8. The molecule has 0 rings (SSSR count). The molecular formula is C35H67N3O8S. The Hall–Kier alpha value is -2.21. The molecule has 0 saturated carbocycles. The van der Waals surface area contributed by atoms with Crippen LogP contribution in [-0.4, -0.2) is 86.7 Å². The molecule has 12 heteroatoms. The number of hydrogen-bond donors (Lipinski definition) is 3. The van der Waals surface area contributed by atoms with Crippen LogP contribution < -0.4 is 16.0 Å². The Bertz CT molecular complexity index is 838. The molecule has 0 aliphatic heterocycles. The second-order valence-electron chi connectivity index (χ2n) is 13.4. The van der Waals surface area contributed by atoms with Gasteiger partial charge in [-0.05, 0) is 33.1 Å². The van der Waals surface area contributed by atoms with Crippen molar-refractivity contribution in [1.29, 1.82) is 0 Å². The molecule has 0 fully saturated rings. The van der Waals surface area contributed by atoms with Gasteiger partial charge in [0.05, 0.1) is 20.3 Å². The van der Waals surface area contributed by atoms with E-state index in [1.54, 1.807) is 20.8 Å². The molecule has 3 N–H and O–H groups in total. The molecule has 0 saturated heterocycles. The third kappa shape index (κ3) is 28.5. The molecule has 0 aromatic carbocycles. The molecule has 276 valence electrons. The number of carbonyl (C=O) groups is 4. The van der Waals surface area contributed by atoms with Crippen molar-refractivity contribution >= 4 is 35.8 Å². The maximum atomic E-state index is 13.1. The third-order valence-corrected chi connectivity index (χ3v) is 8.14. The number of nitrogens with one attached hydrogen (secondary N) is 3. The molecule has 0 bridgehead atoms. The maximum Gasteiger partial charge on any atom is 0.408 e. The normalized spacial score (nSPS) is 12.7. The van der Waals surface area contributed by atoms with Crippen LogP contribution in [0.5, 0.6) is 0 Å². The minimum Gasteiger partial charge on any atom is -0.467 e. The van der Waals surface area contributed by atoms with E-state index in [9.17, 15) is 19.2 Å². The van der Waals surface area contributed by atoms with E-state index in [1.807, 2.05) is 13.8 Å². The van der Waals surface area contributed by atoms with Gasteiger partial charge in [-0.2, -0.15) is 11.8 Å². The summed E-state index contributed by atoms with van der Waals surface area (Å²) in [5.41, 5.74) is -0.756. The van der Waals surface area contributed by atoms with Gasteiger partial charge in [-0.1, -0.05) is 104 Å². The lowest BCUT2D eigenvalue weighted by atomic mass is 10.0. The highest BCUT2D eigenvalue weighted by atomic mass is 32.2. The Morgan fingerprint density at radius 3 is 1.79 bits per heavy atom. The summed E-state index contributed by atoms with van der Waals surface area (Å²) in [7, 11) is 1.23. The largest absolute Gasteiger partial charge is 0.467 e. The second-order valence-corrected chi connectivity index (χ2v) is 14.6. The molecule has 0 aliphatic carbocycles. The lowest BCUT2D eigenvalue weighted by Gasteiger charge is -2.25. The quantitative estimate of drug-likeness (QED) is 0.0444.